The summed E-state index contributed by atoms with van der Waals surface area (Å²) in [6.07, 6.45) is 20.4. The van der Waals surface area contributed by atoms with E-state index in [0.717, 1.165) is 37.3 Å². The third kappa shape index (κ3) is 9.15. The molecule has 0 radical (unpaired) electrons. The molecule has 2 atom stereocenters. The molecular weight excluding hydrogens is 278 g/mol. The molecule has 0 aliphatic heterocycles. The van der Waals surface area contributed by atoms with Gasteiger partial charge in [-0.3, -0.25) is 0 Å². The molecule has 1 nitrogen and oxygen atoms in total. The van der Waals surface area contributed by atoms with Crippen LogP contribution in [0.5, 0.6) is 0 Å². The van der Waals surface area contributed by atoms with Crippen molar-refractivity contribution < 1.29 is 0 Å². The van der Waals surface area contributed by atoms with Crippen molar-refractivity contribution in [3.05, 3.63) is 36.0 Å². The van der Waals surface area contributed by atoms with Crippen LogP contribution in [-0.2, 0) is 0 Å². The zero-order valence-corrected chi connectivity index (χ0v) is 16.0. The minimum atomic E-state index is 0.773. The van der Waals surface area contributed by atoms with Crippen LogP contribution in [0.2, 0.25) is 0 Å². The second-order valence-electron chi connectivity index (χ2n) is 7.35. The minimum Gasteiger partial charge on any atom is -0.312 e. The minimum absolute atomic E-state index is 0.773. The fourth-order valence-electron chi connectivity index (χ4n) is 3.70. The monoisotopic (exact) mass is 317 g/mol. The fraction of sp³-hybridized carbons (Fsp3) is 0.727. The Hall–Kier alpha value is -0.820. The zero-order valence-electron chi connectivity index (χ0n) is 16.0. The van der Waals surface area contributed by atoms with E-state index in [2.05, 4.69) is 63.4 Å². The first kappa shape index (κ1) is 20.2. The predicted octanol–water partition coefficient (Wildman–Crippen LogP) is 6.29. The molecule has 0 saturated heterocycles. The topological polar surface area (TPSA) is 12.0 Å². The van der Waals surface area contributed by atoms with Crippen molar-refractivity contribution in [2.45, 2.75) is 72.6 Å². The van der Waals surface area contributed by atoms with E-state index in [1.165, 1.54) is 44.1 Å². The summed E-state index contributed by atoms with van der Waals surface area (Å²) in [6.45, 7) is 11.6. The molecule has 0 saturated carbocycles. The van der Waals surface area contributed by atoms with E-state index in [1.807, 2.05) is 0 Å². The Bertz CT molecular complexity index is 373. The normalized spacial score (nSPS) is 17.2. The third-order valence-corrected chi connectivity index (χ3v) is 5.15. The van der Waals surface area contributed by atoms with Crippen LogP contribution in [0.4, 0.5) is 0 Å². The van der Waals surface area contributed by atoms with Crippen molar-refractivity contribution in [1.82, 2.24) is 5.32 Å². The Morgan fingerprint density at radius 3 is 2.52 bits per heavy atom. The van der Waals surface area contributed by atoms with Crippen molar-refractivity contribution in [2.75, 3.05) is 13.1 Å². The van der Waals surface area contributed by atoms with Gasteiger partial charge in [-0.25, -0.2) is 0 Å². The molecule has 0 aromatic heterocycles. The third-order valence-electron chi connectivity index (χ3n) is 5.15. The van der Waals surface area contributed by atoms with E-state index in [9.17, 15) is 0 Å². The van der Waals surface area contributed by atoms with Crippen LogP contribution in [0, 0.1) is 17.8 Å². The molecule has 0 aromatic carbocycles. The lowest BCUT2D eigenvalue weighted by Gasteiger charge is -2.25. The number of hydrogen-bond acceptors (Lipinski definition) is 1. The Morgan fingerprint density at radius 2 is 1.83 bits per heavy atom. The Balaban J connectivity index is 2.31. The molecule has 0 bridgehead atoms. The molecule has 23 heavy (non-hydrogen) atoms. The highest BCUT2D eigenvalue weighted by atomic mass is 14.9. The lowest BCUT2D eigenvalue weighted by Crippen LogP contribution is -2.25. The second kappa shape index (κ2) is 12.6. The van der Waals surface area contributed by atoms with Gasteiger partial charge in [0.05, 0.1) is 0 Å². The van der Waals surface area contributed by atoms with Crippen molar-refractivity contribution in [2.24, 2.45) is 17.8 Å². The van der Waals surface area contributed by atoms with E-state index in [1.54, 1.807) is 0 Å². The molecule has 2 unspecified atom stereocenters. The van der Waals surface area contributed by atoms with E-state index < -0.39 is 0 Å². The van der Waals surface area contributed by atoms with Crippen LogP contribution in [-0.4, -0.2) is 13.1 Å². The first-order valence-corrected chi connectivity index (χ1v) is 9.92. The number of nitrogens with one attached hydrogen (secondary N) is 1. The molecule has 0 spiro atoms. The molecule has 0 fully saturated rings. The summed E-state index contributed by atoms with van der Waals surface area (Å²) < 4.78 is 0. The number of hydrogen-bond donors (Lipinski definition) is 1. The molecule has 1 aliphatic rings. The molecule has 0 heterocycles. The van der Waals surface area contributed by atoms with Crippen LogP contribution in [0.25, 0.3) is 0 Å². The highest BCUT2D eigenvalue weighted by molar-refractivity contribution is 5.27. The summed E-state index contributed by atoms with van der Waals surface area (Å²) in [5.74, 6) is 2.62. The van der Waals surface area contributed by atoms with Gasteiger partial charge in [0.15, 0.2) is 0 Å². The molecule has 132 valence electrons. The van der Waals surface area contributed by atoms with Gasteiger partial charge in [-0.15, -0.1) is 0 Å². The van der Waals surface area contributed by atoms with Gasteiger partial charge in [-0.1, -0.05) is 83.8 Å². The maximum absolute atomic E-state index is 3.66. The Morgan fingerprint density at radius 1 is 1.04 bits per heavy atom. The van der Waals surface area contributed by atoms with Gasteiger partial charge >= 0.3 is 0 Å². The van der Waals surface area contributed by atoms with Gasteiger partial charge in [-0.05, 0) is 49.1 Å². The van der Waals surface area contributed by atoms with Gasteiger partial charge < -0.3 is 5.32 Å². The smallest absolute Gasteiger partial charge is 0.0202 e. The van der Waals surface area contributed by atoms with E-state index in [4.69, 9.17) is 0 Å². The number of allylic oxidation sites excluding steroid dienone is 4. The van der Waals surface area contributed by atoms with Crippen LogP contribution in [0.3, 0.4) is 0 Å². The second-order valence-corrected chi connectivity index (χ2v) is 7.35. The molecule has 1 aliphatic carbocycles. The van der Waals surface area contributed by atoms with E-state index in [-0.39, 0.29) is 0 Å². The molecule has 1 heteroatoms. The molecule has 1 N–H and O–H groups in total. The Kier molecular flexibility index (Phi) is 11.1. The van der Waals surface area contributed by atoms with Crippen LogP contribution < -0.4 is 5.32 Å². The SMILES string of the molecule is CCCC(CC(C)CNCC1=CCC=CC=C1)CC(CC)CC. The maximum Gasteiger partial charge on any atom is 0.0202 e. The highest BCUT2D eigenvalue weighted by Crippen LogP contribution is 2.27. The first-order valence-electron chi connectivity index (χ1n) is 9.92. The maximum atomic E-state index is 3.66. The lowest BCUT2D eigenvalue weighted by molar-refractivity contribution is 0.282. The van der Waals surface area contributed by atoms with Gasteiger partial charge in [-0.2, -0.15) is 0 Å². The van der Waals surface area contributed by atoms with Crippen molar-refractivity contribution in [3.8, 4) is 0 Å². The van der Waals surface area contributed by atoms with Crippen molar-refractivity contribution >= 4 is 0 Å². The summed E-state index contributed by atoms with van der Waals surface area (Å²) in [6, 6.07) is 0. The van der Waals surface area contributed by atoms with Gasteiger partial charge in [0, 0.05) is 6.54 Å². The lowest BCUT2D eigenvalue weighted by atomic mass is 9.83. The summed E-state index contributed by atoms with van der Waals surface area (Å²) in [7, 11) is 0. The standard InChI is InChI=1S/C22H39N/c1-5-12-22(16-20(6-2)7-3)15-19(4)17-23-18-21-13-10-8-9-11-14-21/h8-10,13-14,19-20,22-23H,5-7,11-12,15-18H2,1-4H3. The van der Waals surface area contributed by atoms with Crippen molar-refractivity contribution in [1.29, 1.82) is 0 Å². The highest BCUT2D eigenvalue weighted by Gasteiger charge is 2.16. The summed E-state index contributed by atoms with van der Waals surface area (Å²) >= 11 is 0. The average Bonchev–Trinajstić information content (AvgIpc) is 2.81. The van der Waals surface area contributed by atoms with E-state index in [0.29, 0.717) is 0 Å². The van der Waals surface area contributed by atoms with Crippen molar-refractivity contribution in [3.63, 3.8) is 0 Å². The van der Waals surface area contributed by atoms with Crippen LogP contribution in [0.1, 0.15) is 72.6 Å². The number of rotatable bonds is 12. The molecule has 1 rings (SSSR count). The predicted molar refractivity (Wildman–Crippen MR) is 105 cm³/mol. The van der Waals surface area contributed by atoms with Gasteiger partial charge in [0.2, 0.25) is 0 Å². The summed E-state index contributed by atoms with van der Waals surface area (Å²) in [4.78, 5) is 0. The van der Waals surface area contributed by atoms with Crippen LogP contribution in [0.15, 0.2) is 36.0 Å². The molecule has 0 amide bonds. The van der Waals surface area contributed by atoms with Gasteiger partial charge in [0.25, 0.3) is 0 Å². The largest absolute Gasteiger partial charge is 0.312 e. The molecule has 0 aromatic rings. The summed E-state index contributed by atoms with van der Waals surface area (Å²) in [5.41, 5.74) is 1.42. The fourth-order valence-corrected chi connectivity index (χ4v) is 3.70. The zero-order chi connectivity index (χ0) is 16.9. The molecular formula is C22H39N. The van der Waals surface area contributed by atoms with Crippen LogP contribution >= 0.6 is 0 Å². The summed E-state index contributed by atoms with van der Waals surface area (Å²) in [5, 5.41) is 3.66. The quantitative estimate of drug-likeness (QED) is 0.446. The first-order chi connectivity index (χ1) is 11.2. The average molecular weight is 318 g/mol. The van der Waals surface area contributed by atoms with Gasteiger partial charge in [0.1, 0.15) is 0 Å². The Labute approximate surface area is 145 Å². The van der Waals surface area contributed by atoms with E-state index >= 15 is 0 Å².